The van der Waals surface area contributed by atoms with Gasteiger partial charge in [-0.15, -0.1) is 4.13 Å². The molecule has 0 aromatic heterocycles. The smallest absolute Gasteiger partial charge is 0.433 e. The SMILES string of the molecule is CC(C)(C)Oc1ccc(C(=O)NS(=O)(=O)C(F)(F)C(F)(F)C(F)(F)S(=O)(=O)NS(C)(=O)=O)cc1. The molecule has 1 amide bonds. The summed E-state index contributed by atoms with van der Waals surface area (Å²) in [6, 6.07) is 3.82. The fourth-order valence-corrected chi connectivity index (χ4v) is 5.53. The van der Waals surface area contributed by atoms with Gasteiger partial charge in [0.15, 0.2) is 0 Å². The number of amides is 1. The van der Waals surface area contributed by atoms with Crippen LogP contribution in [0.25, 0.3) is 0 Å². The van der Waals surface area contributed by atoms with E-state index >= 15 is 0 Å². The second-order valence-electron chi connectivity index (χ2n) is 7.64. The van der Waals surface area contributed by atoms with E-state index in [9.17, 15) is 56.4 Å². The van der Waals surface area contributed by atoms with Crippen LogP contribution in [0.1, 0.15) is 31.1 Å². The van der Waals surface area contributed by atoms with Gasteiger partial charge >= 0.3 is 26.5 Å². The number of hydrogen-bond acceptors (Lipinski definition) is 8. The lowest BCUT2D eigenvalue weighted by molar-refractivity contribution is -0.244. The summed E-state index contributed by atoms with van der Waals surface area (Å²) in [6.45, 7) is 4.93. The molecular weight excluding hydrogens is 546 g/mol. The molecule has 34 heavy (non-hydrogen) atoms. The molecule has 196 valence electrons. The zero-order valence-corrected chi connectivity index (χ0v) is 20.0. The van der Waals surface area contributed by atoms with Crippen LogP contribution in [0.4, 0.5) is 26.3 Å². The van der Waals surface area contributed by atoms with Crippen molar-refractivity contribution in [2.75, 3.05) is 6.26 Å². The molecule has 1 aromatic rings. The van der Waals surface area contributed by atoms with Gasteiger partial charge in [0.2, 0.25) is 10.0 Å². The Bertz CT molecular complexity index is 1260. The molecule has 0 saturated carbocycles. The molecular formula is C15H18F6N2O8S3. The first kappa shape index (κ1) is 29.9. The normalized spacial score (nSPS) is 14.5. The summed E-state index contributed by atoms with van der Waals surface area (Å²) in [5.74, 6) is -9.09. The summed E-state index contributed by atoms with van der Waals surface area (Å²) in [6.07, 6.45) is -0.0777. The van der Waals surface area contributed by atoms with Crippen LogP contribution in [0.15, 0.2) is 24.3 Å². The van der Waals surface area contributed by atoms with E-state index in [0.717, 1.165) is 24.3 Å². The molecule has 0 aliphatic rings. The molecule has 0 saturated heterocycles. The van der Waals surface area contributed by atoms with Gasteiger partial charge in [-0.2, -0.15) is 34.8 Å². The first-order chi connectivity index (χ1) is 14.8. The molecule has 19 heteroatoms. The number of ether oxygens (including phenoxy) is 1. The molecule has 0 radical (unpaired) electrons. The number of rotatable bonds is 9. The van der Waals surface area contributed by atoms with Crippen molar-refractivity contribution in [3.63, 3.8) is 0 Å². The Labute approximate surface area is 190 Å². The lowest BCUT2D eigenvalue weighted by Gasteiger charge is -2.31. The minimum absolute atomic E-state index is 0.0404. The van der Waals surface area contributed by atoms with Gasteiger partial charge in [-0.05, 0) is 45.0 Å². The van der Waals surface area contributed by atoms with Gasteiger partial charge in [0.25, 0.3) is 15.9 Å². The highest BCUT2D eigenvalue weighted by molar-refractivity contribution is 8.05. The van der Waals surface area contributed by atoms with Gasteiger partial charge in [0.05, 0.1) is 6.26 Å². The largest absolute Gasteiger partial charge is 0.488 e. The summed E-state index contributed by atoms with van der Waals surface area (Å²) < 4.78 is 157. The molecule has 0 bridgehead atoms. The van der Waals surface area contributed by atoms with Crippen molar-refractivity contribution in [1.82, 2.24) is 8.85 Å². The molecule has 10 nitrogen and oxygen atoms in total. The summed E-state index contributed by atoms with van der Waals surface area (Å²) in [4.78, 5) is 12.0. The van der Waals surface area contributed by atoms with E-state index < -0.39 is 63.6 Å². The Balaban J connectivity index is 3.31. The Morgan fingerprint density at radius 3 is 1.59 bits per heavy atom. The Kier molecular flexibility index (Phi) is 7.77. The average Bonchev–Trinajstić information content (AvgIpc) is 2.57. The summed E-state index contributed by atoms with van der Waals surface area (Å²) in [7, 11) is -19.3. The molecule has 1 aromatic carbocycles. The van der Waals surface area contributed by atoms with Gasteiger partial charge in [0, 0.05) is 5.56 Å². The van der Waals surface area contributed by atoms with E-state index in [1.807, 2.05) is 0 Å². The van der Waals surface area contributed by atoms with Crippen LogP contribution in [0.2, 0.25) is 0 Å². The van der Waals surface area contributed by atoms with E-state index in [-0.39, 0.29) is 16.1 Å². The van der Waals surface area contributed by atoms with Crippen LogP contribution in [0.5, 0.6) is 5.75 Å². The van der Waals surface area contributed by atoms with Crippen molar-refractivity contribution in [3.8, 4) is 5.75 Å². The monoisotopic (exact) mass is 564 g/mol. The quantitative estimate of drug-likeness (QED) is 0.429. The van der Waals surface area contributed by atoms with Crippen LogP contribution in [-0.2, 0) is 30.1 Å². The van der Waals surface area contributed by atoms with E-state index in [0.29, 0.717) is 4.72 Å². The van der Waals surface area contributed by atoms with Crippen molar-refractivity contribution in [2.24, 2.45) is 0 Å². The minimum Gasteiger partial charge on any atom is -0.488 e. The van der Waals surface area contributed by atoms with E-state index in [1.54, 1.807) is 20.8 Å². The standard InChI is InChI=1S/C15H18F6N2O8S3/c1-12(2,3)31-10-7-5-9(6-8-10)11(24)22-33(27,28)14(18,19)13(16,17)15(20,21)34(29,30)23-32(4,25)26/h5-8,23H,1-4H3,(H,22,24). The predicted octanol–water partition coefficient (Wildman–Crippen LogP) is 1.62. The van der Waals surface area contributed by atoms with Crippen LogP contribution in [-0.4, -0.2) is 59.4 Å². The number of nitrogens with one attached hydrogen (secondary N) is 2. The highest BCUT2D eigenvalue weighted by Gasteiger charge is 2.82. The summed E-state index contributed by atoms with van der Waals surface area (Å²) >= 11 is 0. The van der Waals surface area contributed by atoms with E-state index in [1.165, 1.54) is 0 Å². The molecule has 0 spiro atoms. The first-order valence-corrected chi connectivity index (χ1v) is 13.4. The number of alkyl halides is 6. The molecule has 0 fully saturated rings. The third kappa shape index (κ3) is 6.11. The van der Waals surface area contributed by atoms with Gasteiger partial charge in [0.1, 0.15) is 11.4 Å². The highest BCUT2D eigenvalue weighted by Crippen LogP contribution is 2.50. The van der Waals surface area contributed by atoms with Crippen molar-refractivity contribution in [2.45, 2.75) is 42.8 Å². The Morgan fingerprint density at radius 2 is 1.21 bits per heavy atom. The van der Waals surface area contributed by atoms with Gasteiger partial charge in [-0.1, -0.05) is 0 Å². The third-order valence-electron chi connectivity index (χ3n) is 3.43. The van der Waals surface area contributed by atoms with Crippen molar-refractivity contribution in [1.29, 1.82) is 0 Å². The average molecular weight is 565 g/mol. The first-order valence-electron chi connectivity index (χ1n) is 8.50. The minimum atomic E-state index is -7.26. The van der Waals surface area contributed by atoms with Gasteiger partial charge in [-0.25, -0.2) is 21.6 Å². The van der Waals surface area contributed by atoms with E-state index in [2.05, 4.69) is 0 Å². The molecule has 0 aliphatic carbocycles. The second kappa shape index (κ2) is 8.83. The number of carbonyl (C=O) groups excluding carboxylic acids is 1. The maximum Gasteiger partial charge on any atom is 0.433 e. The van der Waals surface area contributed by atoms with Gasteiger partial charge in [-0.3, -0.25) is 4.79 Å². The molecule has 0 atom stereocenters. The maximum atomic E-state index is 14.1. The zero-order valence-electron chi connectivity index (χ0n) is 17.6. The van der Waals surface area contributed by atoms with Crippen molar-refractivity contribution in [3.05, 3.63) is 29.8 Å². The van der Waals surface area contributed by atoms with Crippen molar-refractivity contribution < 1.29 is 61.1 Å². The van der Waals surface area contributed by atoms with Crippen LogP contribution < -0.4 is 13.6 Å². The summed E-state index contributed by atoms with van der Waals surface area (Å²) in [5.41, 5.74) is -1.42. The molecule has 0 aliphatic heterocycles. The predicted molar refractivity (Wildman–Crippen MR) is 105 cm³/mol. The second-order valence-corrected chi connectivity index (χ2v) is 13.1. The number of halogens is 6. The number of benzene rings is 1. The molecule has 0 unspecified atom stereocenters. The fourth-order valence-electron chi connectivity index (χ4n) is 2.03. The molecule has 0 heterocycles. The highest BCUT2D eigenvalue weighted by atomic mass is 32.3. The van der Waals surface area contributed by atoms with E-state index in [4.69, 9.17) is 4.74 Å². The molecule has 2 N–H and O–H groups in total. The zero-order chi connectivity index (χ0) is 27.2. The van der Waals surface area contributed by atoms with Crippen LogP contribution >= 0.6 is 0 Å². The fraction of sp³-hybridized carbons (Fsp3) is 0.533. The van der Waals surface area contributed by atoms with Crippen molar-refractivity contribution >= 4 is 36.0 Å². The third-order valence-corrected chi connectivity index (χ3v) is 7.84. The van der Waals surface area contributed by atoms with Gasteiger partial charge < -0.3 is 4.74 Å². The topological polar surface area (TPSA) is 153 Å². The van der Waals surface area contributed by atoms with Crippen LogP contribution in [0.3, 0.4) is 0 Å². The maximum absolute atomic E-state index is 14.1. The number of hydrogen-bond donors (Lipinski definition) is 2. The summed E-state index contributed by atoms with van der Waals surface area (Å²) in [5, 5.41) is -13.9. The Hall–Kier alpha value is -2.12. The Morgan fingerprint density at radius 1 is 0.794 bits per heavy atom. The van der Waals surface area contributed by atoms with Crippen LogP contribution in [0, 0.1) is 0 Å². The lowest BCUT2D eigenvalue weighted by atomic mass is 10.1. The molecule has 1 rings (SSSR count). The number of carbonyl (C=O) groups is 1. The number of sulfonamides is 3. The lowest BCUT2D eigenvalue weighted by Crippen LogP contribution is -2.65.